The zero-order valence-electron chi connectivity index (χ0n) is 12.6. The van der Waals surface area contributed by atoms with E-state index in [1.807, 2.05) is 20.0 Å². The normalized spacial score (nSPS) is 11.9. The Morgan fingerprint density at radius 3 is 2.84 bits per heavy atom. The quantitative estimate of drug-likeness (QED) is 0.726. The summed E-state index contributed by atoms with van der Waals surface area (Å²) in [5.74, 6) is 0.837. The van der Waals surface area contributed by atoms with Crippen molar-refractivity contribution in [2.75, 3.05) is 13.1 Å². The van der Waals surface area contributed by atoms with Crippen LogP contribution in [-0.4, -0.2) is 24.2 Å². The first-order chi connectivity index (χ1) is 9.13. The number of aromatic nitrogens is 1. The van der Waals surface area contributed by atoms with Crippen molar-refractivity contribution in [3.63, 3.8) is 0 Å². The average Bonchev–Trinajstić information content (AvgIpc) is 2.38. The third-order valence-corrected chi connectivity index (χ3v) is 2.74. The van der Waals surface area contributed by atoms with Gasteiger partial charge in [0.15, 0.2) is 0 Å². The lowest BCUT2D eigenvalue weighted by molar-refractivity contribution is 0.241. The summed E-state index contributed by atoms with van der Waals surface area (Å²) in [6.45, 7) is 10.5. The number of rotatable bonds is 8. The molecule has 1 rings (SSSR count). The Labute approximate surface area is 117 Å². The second-order valence-corrected chi connectivity index (χ2v) is 5.00. The maximum Gasteiger partial charge on any atom is 0.138 e. The molecule has 0 aromatic carbocycles. The number of allylic oxidation sites excluding steroid dienone is 1. The second kappa shape index (κ2) is 8.70. The second-order valence-electron chi connectivity index (χ2n) is 5.00. The van der Waals surface area contributed by atoms with E-state index in [2.05, 4.69) is 36.3 Å². The van der Waals surface area contributed by atoms with Crippen molar-refractivity contribution >= 4 is 5.57 Å². The smallest absolute Gasteiger partial charge is 0.138 e. The number of nitrogens with one attached hydrogen (secondary N) is 1. The Morgan fingerprint density at radius 2 is 2.16 bits per heavy atom. The van der Waals surface area contributed by atoms with Crippen LogP contribution in [0, 0.1) is 0 Å². The molecular formula is C16H26N2O. The van der Waals surface area contributed by atoms with E-state index in [4.69, 9.17) is 4.74 Å². The first-order valence-electron chi connectivity index (χ1n) is 7.13. The van der Waals surface area contributed by atoms with Gasteiger partial charge < -0.3 is 10.1 Å². The fraction of sp³-hybridized carbons (Fsp3) is 0.562. The average molecular weight is 262 g/mol. The van der Waals surface area contributed by atoms with E-state index in [0.717, 1.165) is 30.8 Å². The van der Waals surface area contributed by atoms with Crippen LogP contribution in [0.25, 0.3) is 5.57 Å². The molecule has 1 aromatic rings. The number of pyridine rings is 1. The summed E-state index contributed by atoms with van der Waals surface area (Å²) in [5.41, 5.74) is 2.38. The van der Waals surface area contributed by atoms with Gasteiger partial charge in [0.2, 0.25) is 0 Å². The summed E-state index contributed by atoms with van der Waals surface area (Å²) in [6.07, 6.45) is 8.30. The van der Waals surface area contributed by atoms with Crippen LogP contribution in [0.15, 0.2) is 24.5 Å². The largest absolute Gasteiger partial charge is 0.489 e. The molecule has 19 heavy (non-hydrogen) atoms. The molecule has 0 atom stereocenters. The maximum absolute atomic E-state index is 5.66. The fourth-order valence-corrected chi connectivity index (χ4v) is 1.78. The predicted molar refractivity (Wildman–Crippen MR) is 81.4 cm³/mol. The molecule has 3 nitrogen and oxygen atoms in total. The zero-order valence-corrected chi connectivity index (χ0v) is 12.6. The van der Waals surface area contributed by atoms with Gasteiger partial charge in [0.05, 0.1) is 12.3 Å². The molecule has 0 radical (unpaired) electrons. The number of hydrogen-bond donors (Lipinski definition) is 1. The van der Waals surface area contributed by atoms with Crippen LogP contribution >= 0.6 is 0 Å². The van der Waals surface area contributed by atoms with Gasteiger partial charge in [-0.25, -0.2) is 0 Å². The Kier molecular flexibility index (Phi) is 7.19. The summed E-state index contributed by atoms with van der Waals surface area (Å²) in [4.78, 5) is 4.23. The number of hydrogen-bond acceptors (Lipinski definition) is 3. The topological polar surface area (TPSA) is 34.2 Å². The van der Waals surface area contributed by atoms with E-state index in [1.165, 1.54) is 12.0 Å². The van der Waals surface area contributed by atoms with E-state index in [9.17, 15) is 0 Å². The highest BCUT2D eigenvalue weighted by atomic mass is 16.5. The van der Waals surface area contributed by atoms with Gasteiger partial charge >= 0.3 is 0 Å². The molecule has 0 unspecified atom stereocenters. The summed E-state index contributed by atoms with van der Waals surface area (Å²) in [6, 6.07) is 2.05. The van der Waals surface area contributed by atoms with Crippen LogP contribution in [0.4, 0.5) is 0 Å². The van der Waals surface area contributed by atoms with Crippen LogP contribution in [0.3, 0.4) is 0 Å². The van der Waals surface area contributed by atoms with E-state index in [1.54, 1.807) is 6.20 Å². The lowest BCUT2D eigenvalue weighted by Crippen LogP contribution is -2.15. The van der Waals surface area contributed by atoms with Crippen LogP contribution < -0.4 is 10.1 Å². The van der Waals surface area contributed by atoms with Crippen LogP contribution in [0.1, 0.15) is 46.1 Å². The monoisotopic (exact) mass is 262 g/mol. The lowest BCUT2D eigenvalue weighted by atomic mass is 10.1. The summed E-state index contributed by atoms with van der Waals surface area (Å²) >= 11 is 0. The molecule has 0 aliphatic heterocycles. The van der Waals surface area contributed by atoms with E-state index < -0.39 is 0 Å². The molecule has 0 aliphatic carbocycles. The van der Waals surface area contributed by atoms with Gasteiger partial charge in [0, 0.05) is 6.20 Å². The van der Waals surface area contributed by atoms with Crippen molar-refractivity contribution in [1.29, 1.82) is 0 Å². The summed E-state index contributed by atoms with van der Waals surface area (Å²) in [5, 5.41) is 3.39. The first-order valence-corrected chi connectivity index (χ1v) is 7.13. The molecule has 0 saturated carbocycles. The van der Waals surface area contributed by atoms with Gasteiger partial charge in [0.25, 0.3) is 0 Å². The third-order valence-electron chi connectivity index (χ3n) is 2.74. The third kappa shape index (κ3) is 6.39. The summed E-state index contributed by atoms with van der Waals surface area (Å²) < 4.78 is 5.66. The van der Waals surface area contributed by atoms with Gasteiger partial charge in [-0.1, -0.05) is 13.0 Å². The predicted octanol–water partition coefficient (Wildman–Crippen LogP) is 3.66. The highest BCUT2D eigenvalue weighted by molar-refractivity contribution is 5.63. The van der Waals surface area contributed by atoms with Crippen molar-refractivity contribution in [3.05, 3.63) is 30.1 Å². The number of ether oxygens (including phenoxy) is 1. The Morgan fingerprint density at radius 1 is 1.37 bits per heavy atom. The molecule has 0 aliphatic rings. The van der Waals surface area contributed by atoms with Crippen molar-refractivity contribution in [1.82, 2.24) is 10.3 Å². The Bertz CT molecular complexity index is 399. The maximum atomic E-state index is 5.66. The highest BCUT2D eigenvalue weighted by Gasteiger charge is 2.01. The highest BCUT2D eigenvalue weighted by Crippen LogP contribution is 2.19. The minimum atomic E-state index is 0.180. The van der Waals surface area contributed by atoms with Crippen LogP contribution in [-0.2, 0) is 0 Å². The molecule has 0 saturated heterocycles. The lowest BCUT2D eigenvalue weighted by Gasteiger charge is -2.10. The Hall–Kier alpha value is -1.35. The van der Waals surface area contributed by atoms with E-state index in [-0.39, 0.29) is 6.10 Å². The van der Waals surface area contributed by atoms with Gasteiger partial charge in [-0.15, -0.1) is 0 Å². The van der Waals surface area contributed by atoms with Gasteiger partial charge in [-0.3, -0.25) is 4.98 Å². The van der Waals surface area contributed by atoms with E-state index >= 15 is 0 Å². The fourth-order valence-electron chi connectivity index (χ4n) is 1.78. The summed E-state index contributed by atoms with van der Waals surface area (Å²) in [7, 11) is 0. The first kappa shape index (κ1) is 15.7. The molecule has 0 spiro atoms. The van der Waals surface area contributed by atoms with Gasteiger partial charge in [0.1, 0.15) is 5.75 Å². The molecule has 0 fully saturated rings. The molecule has 3 heteroatoms. The molecule has 0 amide bonds. The molecule has 1 N–H and O–H groups in total. The zero-order chi connectivity index (χ0) is 14.1. The standard InChI is InChI=1S/C16H26N2O/c1-5-8-17-9-6-7-14(4)15-10-16(12-18-11-15)19-13(2)3/h7,10-13,17H,5-6,8-9H2,1-4H3/b14-7-. The van der Waals surface area contributed by atoms with Crippen molar-refractivity contribution in [2.24, 2.45) is 0 Å². The van der Waals surface area contributed by atoms with Crippen molar-refractivity contribution in [3.8, 4) is 5.75 Å². The van der Waals surface area contributed by atoms with Crippen LogP contribution in [0.2, 0.25) is 0 Å². The van der Waals surface area contributed by atoms with Crippen molar-refractivity contribution < 1.29 is 4.74 Å². The number of nitrogens with zero attached hydrogens (tertiary/aromatic N) is 1. The van der Waals surface area contributed by atoms with E-state index in [0.29, 0.717) is 0 Å². The van der Waals surface area contributed by atoms with Gasteiger partial charge in [-0.2, -0.15) is 0 Å². The SMILES string of the molecule is CCCNCC/C=C(/C)c1cncc(OC(C)C)c1. The minimum absolute atomic E-state index is 0.180. The molecule has 1 aromatic heterocycles. The van der Waals surface area contributed by atoms with Crippen molar-refractivity contribution in [2.45, 2.75) is 46.6 Å². The molecule has 106 valence electrons. The minimum Gasteiger partial charge on any atom is -0.489 e. The molecule has 1 heterocycles. The van der Waals surface area contributed by atoms with Crippen LogP contribution in [0.5, 0.6) is 5.75 Å². The molecular weight excluding hydrogens is 236 g/mol. The Balaban J connectivity index is 2.55. The van der Waals surface area contributed by atoms with Gasteiger partial charge in [-0.05, 0) is 63.9 Å². The molecule has 0 bridgehead atoms.